The average molecular weight is 380 g/mol. The van der Waals surface area contributed by atoms with Gasteiger partial charge in [-0.3, -0.25) is 4.40 Å². The van der Waals surface area contributed by atoms with Crippen molar-refractivity contribution in [2.75, 3.05) is 5.32 Å². The lowest BCUT2D eigenvalue weighted by Gasteiger charge is -2.21. The first-order valence-corrected chi connectivity index (χ1v) is 8.75. The highest BCUT2D eigenvalue weighted by Gasteiger charge is 2.46. The SMILES string of the molecule is CC.Cc1cc(NC2(c3ccc(C(F)(F)F)c(F)c3)CC2)n2ccnc2n1. The van der Waals surface area contributed by atoms with E-state index in [2.05, 4.69) is 15.3 Å². The van der Waals surface area contributed by atoms with Crippen LogP contribution in [0.3, 0.4) is 0 Å². The molecule has 1 N–H and O–H groups in total. The number of fused-ring (bicyclic) bond motifs is 1. The number of aryl methyl sites for hydroxylation is 1. The second-order valence-electron chi connectivity index (χ2n) is 6.28. The summed E-state index contributed by atoms with van der Waals surface area (Å²) in [4.78, 5) is 8.44. The summed E-state index contributed by atoms with van der Waals surface area (Å²) >= 11 is 0. The summed E-state index contributed by atoms with van der Waals surface area (Å²) in [6, 6.07) is 4.94. The number of nitrogens with one attached hydrogen (secondary N) is 1. The molecule has 1 saturated carbocycles. The highest BCUT2D eigenvalue weighted by atomic mass is 19.4. The third-order valence-electron chi connectivity index (χ3n) is 4.45. The van der Waals surface area contributed by atoms with Gasteiger partial charge in [-0.15, -0.1) is 0 Å². The lowest BCUT2D eigenvalue weighted by atomic mass is 10.0. The van der Waals surface area contributed by atoms with Crippen molar-refractivity contribution in [2.24, 2.45) is 0 Å². The van der Waals surface area contributed by atoms with Crippen molar-refractivity contribution in [3.05, 3.63) is 59.3 Å². The fraction of sp³-hybridized carbons (Fsp3) is 0.368. The number of imidazole rings is 1. The number of hydrogen-bond donors (Lipinski definition) is 1. The molecule has 4 nitrogen and oxygen atoms in total. The Bertz CT molecular complexity index is 958. The van der Waals surface area contributed by atoms with Crippen LogP contribution in [-0.4, -0.2) is 14.4 Å². The number of benzene rings is 1. The van der Waals surface area contributed by atoms with E-state index >= 15 is 0 Å². The van der Waals surface area contributed by atoms with E-state index in [9.17, 15) is 17.6 Å². The van der Waals surface area contributed by atoms with Crippen LogP contribution in [0.5, 0.6) is 0 Å². The van der Waals surface area contributed by atoms with Gasteiger partial charge in [0.2, 0.25) is 5.78 Å². The quantitative estimate of drug-likeness (QED) is 0.625. The predicted octanol–water partition coefficient (Wildman–Crippen LogP) is 5.32. The summed E-state index contributed by atoms with van der Waals surface area (Å²) in [5.74, 6) is -0.00790. The molecule has 1 aliphatic carbocycles. The van der Waals surface area contributed by atoms with Gasteiger partial charge in [0.05, 0.1) is 11.1 Å². The Labute approximate surface area is 154 Å². The van der Waals surface area contributed by atoms with Crippen molar-refractivity contribution in [3.8, 4) is 0 Å². The first kappa shape index (κ1) is 19.1. The summed E-state index contributed by atoms with van der Waals surface area (Å²) in [7, 11) is 0. The molecule has 1 aliphatic rings. The third-order valence-corrected chi connectivity index (χ3v) is 4.45. The summed E-state index contributed by atoms with van der Waals surface area (Å²) in [6.45, 7) is 5.83. The molecule has 1 aromatic carbocycles. The van der Waals surface area contributed by atoms with Crippen LogP contribution in [-0.2, 0) is 11.7 Å². The van der Waals surface area contributed by atoms with Crippen LogP contribution in [0.4, 0.5) is 23.4 Å². The van der Waals surface area contributed by atoms with E-state index in [1.165, 1.54) is 6.07 Å². The second kappa shape index (κ2) is 6.83. The largest absolute Gasteiger partial charge is 0.419 e. The normalized spacial score (nSPS) is 15.2. The van der Waals surface area contributed by atoms with Crippen molar-refractivity contribution < 1.29 is 17.6 Å². The molecule has 0 amide bonds. The van der Waals surface area contributed by atoms with Gasteiger partial charge in [0.15, 0.2) is 0 Å². The molecule has 3 aromatic rings. The van der Waals surface area contributed by atoms with Gasteiger partial charge in [0, 0.05) is 24.2 Å². The van der Waals surface area contributed by atoms with Gasteiger partial charge >= 0.3 is 6.18 Å². The maximum atomic E-state index is 13.9. The topological polar surface area (TPSA) is 42.2 Å². The Hall–Kier alpha value is -2.64. The van der Waals surface area contributed by atoms with E-state index in [0.29, 0.717) is 24.2 Å². The molecule has 144 valence electrons. The van der Waals surface area contributed by atoms with E-state index in [0.717, 1.165) is 23.6 Å². The fourth-order valence-electron chi connectivity index (χ4n) is 3.02. The molecule has 2 aromatic heterocycles. The van der Waals surface area contributed by atoms with E-state index in [1.807, 2.05) is 26.8 Å². The van der Waals surface area contributed by atoms with Gasteiger partial charge in [-0.1, -0.05) is 19.9 Å². The molecule has 0 bridgehead atoms. The molecule has 0 saturated heterocycles. The minimum absolute atomic E-state index is 0.501. The summed E-state index contributed by atoms with van der Waals surface area (Å²) in [6.07, 6.45) is 0.0700. The maximum Gasteiger partial charge on any atom is 0.419 e. The highest BCUT2D eigenvalue weighted by molar-refractivity contribution is 5.52. The maximum absolute atomic E-state index is 13.9. The molecule has 0 atom stereocenters. The number of anilines is 1. The summed E-state index contributed by atoms with van der Waals surface area (Å²) < 4.78 is 53.9. The van der Waals surface area contributed by atoms with Gasteiger partial charge in [-0.05, 0) is 37.5 Å². The Morgan fingerprint density at radius 3 is 2.44 bits per heavy atom. The van der Waals surface area contributed by atoms with Crippen molar-refractivity contribution in [1.82, 2.24) is 14.4 Å². The molecule has 27 heavy (non-hydrogen) atoms. The molecule has 0 radical (unpaired) electrons. The number of rotatable bonds is 3. The fourth-order valence-corrected chi connectivity index (χ4v) is 3.02. The van der Waals surface area contributed by atoms with Gasteiger partial charge in [-0.25, -0.2) is 14.4 Å². The minimum Gasteiger partial charge on any atom is -0.362 e. The molecule has 1 fully saturated rings. The predicted molar refractivity (Wildman–Crippen MR) is 95.0 cm³/mol. The zero-order valence-corrected chi connectivity index (χ0v) is 15.2. The minimum atomic E-state index is -4.70. The first-order valence-electron chi connectivity index (χ1n) is 8.75. The average Bonchev–Trinajstić information content (AvgIpc) is 3.23. The van der Waals surface area contributed by atoms with E-state index in [1.54, 1.807) is 16.8 Å². The van der Waals surface area contributed by atoms with Gasteiger partial charge in [0.25, 0.3) is 0 Å². The highest BCUT2D eigenvalue weighted by Crippen LogP contribution is 2.49. The first-order chi connectivity index (χ1) is 12.8. The number of nitrogens with zero attached hydrogens (tertiary/aromatic N) is 3. The molecule has 4 rings (SSSR count). The molecular formula is C19H20F4N4. The van der Waals surface area contributed by atoms with E-state index in [-0.39, 0.29) is 0 Å². The lowest BCUT2D eigenvalue weighted by molar-refractivity contribution is -0.140. The van der Waals surface area contributed by atoms with Crippen LogP contribution >= 0.6 is 0 Å². The Balaban J connectivity index is 0.00000102. The zero-order chi connectivity index (χ0) is 19.8. The number of alkyl halides is 3. The van der Waals surface area contributed by atoms with Crippen molar-refractivity contribution in [2.45, 2.75) is 45.3 Å². The van der Waals surface area contributed by atoms with Crippen LogP contribution in [0.25, 0.3) is 5.78 Å². The summed E-state index contributed by atoms with van der Waals surface area (Å²) in [5.41, 5.74) is -0.559. The summed E-state index contributed by atoms with van der Waals surface area (Å²) in [5, 5.41) is 3.34. The second-order valence-corrected chi connectivity index (χ2v) is 6.28. The Morgan fingerprint density at radius 2 is 1.85 bits per heavy atom. The van der Waals surface area contributed by atoms with Crippen LogP contribution in [0.15, 0.2) is 36.7 Å². The molecule has 8 heteroatoms. The Morgan fingerprint density at radius 1 is 1.15 bits per heavy atom. The lowest BCUT2D eigenvalue weighted by Crippen LogP contribution is -2.21. The molecule has 0 spiro atoms. The molecule has 2 heterocycles. The third kappa shape index (κ3) is 3.61. The molecule has 0 aliphatic heterocycles. The monoisotopic (exact) mass is 380 g/mol. The number of hydrogen-bond acceptors (Lipinski definition) is 3. The standard InChI is InChI=1S/C17H14F4N4.C2H6/c1-10-8-14(25-7-6-22-15(25)23-10)24-16(4-5-16)11-2-3-12(13(18)9-11)17(19,20)21;1-2/h2-3,6-9,24H,4-5H2,1H3;1-2H3. The van der Waals surface area contributed by atoms with Gasteiger partial charge in [0.1, 0.15) is 11.6 Å². The van der Waals surface area contributed by atoms with E-state index < -0.39 is 23.1 Å². The molecule has 0 unspecified atom stereocenters. The van der Waals surface area contributed by atoms with Crippen molar-refractivity contribution in [1.29, 1.82) is 0 Å². The van der Waals surface area contributed by atoms with Crippen molar-refractivity contribution in [3.63, 3.8) is 0 Å². The van der Waals surface area contributed by atoms with Gasteiger partial charge in [-0.2, -0.15) is 13.2 Å². The van der Waals surface area contributed by atoms with Crippen molar-refractivity contribution >= 4 is 11.6 Å². The number of aromatic nitrogens is 3. The van der Waals surface area contributed by atoms with Crippen LogP contribution in [0.1, 0.15) is 43.5 Å². The van der Waals surface area contributed by atoms with Crippen LogP contribution in [0, 0.1) is 12.7 Å². The van der Waals surface area contributed by atoms with E-state index in [4.69, 9.17) is 0 Å². The number of halogens is 4. The van der Waals surface area contributed by atoms with Gasteiger partial charge < -0.3 is 5.32 Å². The zero-order valence-electron chi connectivity index (χ0n) is 15.2. The smallest absolute Gasteiger partial charge is 0.362 e. The Kier molecular flexibility index (Phi) is 4.84. The van der Waals surface area contributed by atoms with Crippen LogP contribution < -0.4 is 5.32 Å². The molecular weight excluding hydrogens is 360 g/mol. The van der Waals surface area contributed by atoms with Crippen LogP contribution in [0.2, 0.25) is 0 Å².